The molecule has 1 aromatic carbocycles. The Balaban J connectivity index is 1.23. The van der Waals surface area contributed by atoms with Crippen molar-refractivity contribution in [2.45, 2.75) is 13.3 Å². The summed E-state index contributed by atoms with van der Waals surface area (Å²) < 4.78 is 1.71. The van der Waals surface area contributed by atoms with Gasteiger partial charge in [0.2, 0.25) is 5.91 Å². The van der Waals surface area contributed by atoms with Gasteiger partial charge in [-0.25, -0.2) is 0 Å². The molecule has 7 nitrogen and oxygen atoms in total. The van der Waals surface area contributed by atoms with E-state index in [-0.39, 0.29) is 5.91 Å². The van der Waals surface area contributed by atoms with Crippen molar-refractivity contribution in [1.82, 2.24) is 24.7 Å². The van der Waals surface area contributed by atoms with E-state index in [0.29, 0.717) is 18.3 Å². The minimum absolute atomic E-state index is 0.241. The molecule has 3 aromatic rings. The van der Waals surface area contributed by atoms with Gasteiger partial charge in [0.25, 0.3) is 0 Å². The number of likely N-dealkylation sites (tertiary alicyclic amines) is 1. The van der Waals surface area contributed by atoms with E-state index in [1.165, 1.54) is 5.56 Å². The largest absolute Gasteiger partial charge is 0.354 e. The number of rotatable bonds is 3. The zero-order valence-electron chi connectivity index (χ0n) is 15.3. The monoisotopic (exact) mass is 362 g/mol. The molecule has 2 aromatic heterocycles. The van der Waals surface area contributed by atoms with Gasteiger partial charge in [-0.1, -0.05) is 29.8 Å². The van der Waals surface area contributed by atoms with Crippen LogP contribution in [-0.4, -0.2) is 56.8 Å². The van der Waals surface area contributed by atoms with Gasteiger partial charge in [-0.2, -0.15) is 4.52 Å². The quantitative estimate of drug-likeness (QED) is 0.708. The van der Waals surface area contributed by atoms with Gasteiger partial charge in [-0.15, -0.1) is 15.3 Å². The summed E-state index contributed by atoms with van der Waals surface area (Å²) in [5.41, 5.74) is 3.06. The van der Waals surface area contributed by atoms with Crippen LogP contribution in [0.25, 0.3) is 5.65 Å². The van der Waals surface area contributed by atoms with Gasteiger partial charge < -0.3 is 9.80 Å². The minimum atomic E-state index is 0.241. The van der Waals surface area contributed by atoms with Gasteiger partial charge in [0, 0.05) is 38.0 Å². The number of nitrogens with zero attached hydrogens (tertiary/aromatic N) is 6. The molecule has 0 N–H and O–H groups in total. The van der Waals surface area contributed by atoms with Gasteiger partial charge in [-0.05, 0) is 24.6 Å². The topological polar surface area (TPSA) is 66.6 Å². The number of aromatic nitrogens is 4. The molecule has 0 aliphatic carbocycles. The second-order valence-electron chi connectivity index (χ2n) is 7.71. The van der Waals surface area contributed by atoms with E-state index < -0.39 is 0 Å². The molecule has 2 aliphatic heterocycles. The molecule has 2 aliphatic rings. The highest BCUT2D eigenvalue weighted by molar-refractivity contribution is 5.79. The maximum atomic E-state index is 12.7. The third-order valence-electron chi connectivity index (χ3n) is 5.75. The van der Waals surface area contributed by atoms with Crippen LogP contribution in [0.3, 0.4) is 0 Å². The first-order chi connectivity index (χ1) is 13.2. The Hall–Kier alpha value is -2.96. The molecule has 4 heterocycles. The van der Waals surface area contributed by atoms with E-state index in [1.54, 1.807) is 10.8 Å². The van der Waals surface area contributed by atoms with Gasteiger partial charge in [0.15, 0.2) is 5.65 Å². The Morgan fingerprint density at radius 2 is 1.93 bits per heavy atom. The Bertz CT molecular complexity index is 985. The molecule has 27 heavy (non-hydrogen) atoms. The van der Waals surface area contributed by atoms with Crippen LogP contribution in [-0.2, 0) is 11.2 Å². The first-order valence-corrected chi connectivity index (χ1v) is 9.41. The number of anilines is 1. The fraction of sp³-hybridized carbons (Fsp3) is 0.400. The van der Waals surface area contributed by atoms with Crippen LogP contribution < -0.4 is 4.90 Å². The fourth-order valence-corrected chi connectivity index (χ4v) is 4.38. The first kappa shape index (κ1) is 16.2. The summed E-state index contributed by atoms with van der Waals surface area (Å²) >= 11 is 0. The Labute approximate surface area is 157 Å². The fourth-order valence-electron chi connectivity index (χ4n) is 4.38. The molecule has 5 rings (SSSR count). The molecule has 2 unspecified atom stereocenters. The second-order valence-corrected chi connectivity index (χ2v) is 7.71. The van der Waals surface area contributed by atoms with Gasteiger partial charge in [-0.3, -0.25) is 4.79 Å². The van der Waals surface area contributed by atoms with Crippen LogP contribution in [0.15, 0.2) is 42.7 Å². The molecule has 7 heteroatoms. The SMILES string of the molecule is Cc1cccc(CC(=O)N2CC3CN(c4ccc5nncn5n4)CC3C2)c1. The lowest BCUT2D eigenvalue weighted by atomic mass is 10.0. The van der Waals surface area contributed by atoms with Crippen LogP contribution >= 0.6 is 0 Å². The summed E-state index contributed by atoms with van der Waals surface area (Å²) in [6.07, 6.45) is 2.12. The maximum absolute atomic E-state index is 12.7. The van der Waals surface area contributed by atoms with Crippen LogP contribution in [0.4, 0.5) is 5.82 Å². The lowest BCUT2D eigenvalue weighted by Crippen LogP contribution is -2.34. The zero-order valence-corrected chi connectivity index (χ0v) is 15.3. The van der Waals surface area contributed by atoms with Crippen molar-refractivity contribution >= 4 is 17.4 Å². The predicted molar refractivity (Wildman–Crippen MR) is 101 cm³/mol. The Kier molecular flexibility index (Phi) is 3.81. The minimum Gasteiger partial charge on any atom is -0.354 e. The lowest BCUT2D eigenvalue weighted by Gasteiger charge is -2.22. The van der Waals surface area contributed by atoms with E-state index in [1.807, 2.05) is 29.2 Å². The molecule has 2 fully saturated rings. The average molecular weight is 362 g/mol. The van der Waals surface area contributed by atoms with Gasteiger partial charge >= 0.3 is 0 Å². The number of amides is 1. The zero-order chi connectivity index (χ0) is 18.4. The summed E-state index contributed by atoms with van der Waals surface area (Å²) in [5, 5.41) is 12.5. The molecule has 0 radical (unpaired) electrons. The molecule has 0 saturated carbocycles. The number of hydrogen-bond donors (Lipinski definition) is 0. The van der Waals surface area contributed by atoms with Crippen LogP contribution in [0, 0.1) is 18.8 Å². The third kappa shape index (κ3) is 3.03. The molecule has 2 atom stereocenters. The molecule has 1 amide bonds. The van der Waals surface area contributed by atoms with Crippen LogP contribution in [0.1, 0.15) is 11.1 Å². The van der Waals surface area contributed by atoms with Crippen molar-refractivity contribution < 1.29 is 4.79 Å². The Morgan fingerprint density at radius 3 is 2.70 bits per heavy atom. The number of benzene rings is 1. The van der Waals surface area contributed by atoms with Crippen molar-refractivity contribution in [3.63, 3.8) is 0 Å². The summed E-state index contributed by atoms with van der Waals surface area (Å²) in [4.78, 5) is 17.1. The number of fused-ring (bicyclic) bond motifs is 2. The number of hydrogen-bond acceptors (Lipinski definition) is 5. The molecule has 0 spiro atoms. The van der Waals surface area contributed by atoms with Gasteiger partial charge in [0.05, 0.1) is 6.42 Å². The highest BCUT2D eigenvalue weighted by Crippen LogP contribution is 2.33. The molecular formula is C20H22N6O. The number of carbonyl (C=O) groups is 1. The predicted octanol–water partition coefficient (Wildman–Crippen LogP) is 1.57. The van der Waals surface area contributed by atoms with Crippen molar-refractivity contribution in [3.8, 4) is 0 Å². The second kappa shape index (κ2) is 6.33. The third-order valence-corrected chi connectivity index (χ3v) is 5.75. The molecular weight excluding hydrogens is 340 g/mol. The maximum Gasteiger partial charge on any atom is 0.227 e. The average Bonchev–Trinajstić information content (AvgIpc) is 3.35. The number of aryl methyl sites for hydroxylation is 1. The summed E-state index contributed by atoms with van der Waals surface area (Å²) in [6.45, 7) is 5.65. The summed E-state index contributed by atoms with van der Waals surface area (Å²) in [7, 11) is 0. The normalized spacial score (nSPS) is 21.8. The van der Waals surface area contributed by atoms with E-state index >= 15 is 0 Å². The summed E-state index contributed by atoms with van der Waals surface area (Å²) in [5.74, 6) is 2.23. The van der Waals surface area contributed by atoms with E-state index in [2.05, 4.69) is 39.3 Å². The summed E-state index contributed by atoms with van der Waals surface area (Å²) in [6, 6.07) is 12.2. The lowest BCUT2D eigenvalue weighted by molar-refractivity contribution is -0.129. The van der Waals surface area contributed by atoms with E-state index in [4.69, 9.17) is 0 Å². The smallest absolute Gasteiger partial charge is 0.227 e. The van der Waals surface area contributed by atoms with Crippen LogP contribution in [0.2, 0.25) is 0 Å². The standard InChI is InChI=1S/C20H22N6O/c1-14-3-2-4-15(7-14)8-20(27)25-11-16-9-24(10-17(16)12-25)19-6-5-18-22-21-13-26(18)23-19/h2-7,13,16-17H,8-12H2,1H3. The van der Waals surface area contributed by atoms with Crippen molar-refractivity contribution in [3.05, 3.63) is 53.9 Å². The number of carbonyl (C=O) groups excluding carboxylic acids is 1. The first-order valence-electron chi connectivity index (χ1n) is 9.41. The highest BCUT2D eigenvalue weighted by Gasteiger charge is 2.41. The van der Waals surface area contributed by atoms with E-state index in [9.17, 15) is 4.79 Å². The highest BCUT2D eigenvalue weighted by atomic mass is 16.2. The van der Waals surface area contributed by atoms with Crippen molar-refractivity contribution in [2.75, 3.05) is 31.1 Å². The van der Waals surface area contributed by atoms with E-state index in [0.717, 1.165) is 43.2 Å². The molecule has 2 saturated heterocycles. The van der Waals surface area contributed by atoms with Gasteiger partial charge in [0.1, 0.15) is 12.1 Å². The Morgan fingerprint density at radius 1 is 1.11 bits per heavy atom. The van der Waals surface area contributed by atoms with Crippen LogP contribution in [0.5, 0.6) is 0 Å². The molecule has 138 valence electrons. The molecule has 0 bridgehead atoms. The van der Waals surface area contributed by atoms with Crippen molar-refractivity contribution in [1.29, 1.82) is 0 Å². The van der Waals surface area contributed by atoms with Crippen molar-refractivity contribution in [2.24, 2.45) is 11.8 Å².